The van der Waals surface area contributed by atoms with Gasteiger partial charge in [0.25, 0.3) is 5.91 Å². The Bertz CT molecular complexity index is 857. The van der Waals surface area contributed by atoms with E-state index in [-0.39, 0.29) is 17.7 Å². The van der Waals surface area contributed by atoms with Gasteiger partial charge in [0.2, 0.25) is 5.91 Å². The fraction of sp³-hybridized carbons (Fsp3) is 0.500. The van der Waals surface area contributed by atoms with Crippen LogP contribution in [0.3, 0.4) is 0 Å². The zero-order valence-electron chi connectivity index (χ0n) is 16.8. The number of H-pyrrole nitrogens is 1. The number of piperidine rings is 1. The van der Waals surface area contributed by atoms with Crippen LogP contribution in [0.4, 0.5) is 5.69 Å². The Morgan fingerprint density at radius 3 is 2.76 bits per heavy atom. The maximum Gasteiger partial charge on any atom is 0.255 e. The number of aromatic nitrogens is 2. The quantitative estimate of drug-likeness (QED) is 0.749. The molecular weight excluding hydrogens is 368 g/mol. The second kappa shape index (κ2) is 8.68. The molecule has 2 N–H and O–H groups in total. The number of benzene rings is 1. The number of hydrogen-bond acceptors (Lipinski definition) is 4. The van der Waals surface area contributed by atoms with Crippen molar-refractivity contribution in [2.24, 2.45) is 5.92 Å². The molecule has 1 aromatic heterocycles. The Balaban J connectivity index is 1.39. The zero-order valence-corrected chi connectivity index (χ0v) is 16.8. The molecule has 2 fully saturated rings. The summed E-state index contributed by atoms with van der Waals surface area (Å²) in [6.45, 7) is 1.50. The van der Waals surface area contributed by atoms with Crippen LogP contribution in [0.1, 0.15) is 60.5 Å². The lowest BCUT2D eigenvalue weighted by Gasteiger charge is -2.32. The van der Waals surface area contributed by atoms with Crippen LogP contribution in [0.15, 0.2) is 30.5 Å². The Labute approximate surface area is 170 Å². The van der Waals surface area contributed by atoms with Crippen LogP contribution in [-0.4, -0.2) is 47.1 Å². The van der Waals surface area contributed by atoms with E-state index < -0.39 is 0 Å². The fourth-order valence-electron chi connectivity index (χ4n) is 3.98. The molecule has 1 saturated heterocycles. The lowest BCUT2D eigenvalue weighted by Crippen LogP contribution is -2.39. The van der Waals surface area contributed by atoms with Crippen molar-refractivity contribution in [3.63, 3.8) is 0 Å². The van der Waals surface area contributed by atoms with Gasteiger partial charge >= 0.3 is 0 Å². The molecule has 1 saturated carbocycles. The number of carbonyl (C=O) groups excluding carboxylic acids is 2. The molecule has 1 atom stereocenters. The van der Waals surface area contributed by atoms with Gasteiger partial charge in [-0.05, 0) is 49.4 Å². The number of ether oxygens (including phenoxy) is 1. The highest BCUT2D eigenvalue weighted by Gasteiger charge is 2.29. The highest BCUT2D eigenvalue weighted by molar-refractivity contribution is 6.04. The molecule has 0 spiro atoms. The topological polar surface area (TPSA) is 87.3 Å². The Morgan fingerprint density at radius 2 is 2.03 bits per heavy atom. The molecule has 1 aliphatic carbocycles. The van der Waals surface area contributed by atoms with Crippen molar-refractivity contribution in [2.45, 2.75) is 44.4 Å². The SMILES string of the molecule is COc1ccc(C(=O)Nc2cn[nH]c2[C@H]2CCCN(C(=O)CCC3CC3)C2)cc1. The fourth-order valence-corrected chi connectivity index (χ4v) is 3.98. The van der Waals surface area contributed by atoms with Gasteiger partial charge in [0.1, 0.15) is 5.75 Å². The van der Waals surface area contributed by atoms with Crippen LogP contribution in [0.5, 0.6) is 5.75 Å². The number of anilines is 1. The number of nitrogens with one attached hydrogen (secondary N) is 2. The summed E-state index contributed by atoms with van der Waals surface area (Å²) < 4.78 is 5.14. The molecule has 2 amide bonds. The first kappa shape index (κ1) is 19.5. The minimum Gasteiger partial charge on any atom is -0.497 e. The number of amides is 2. The minimum atomic E-state index is -0.191. The van der Waals surface area contributed by atoms with Crippen molar-refractivity contribution in [1.29, 1.82) is 0 Å². The minimum absolute atomic E-state index is 0.155. The largest absolute Gasteiger partial charge is 0.497 e. The number of nitrogens with zero attached hydrogens (tertiary/aromatic N) is 2. The van der Waals surface area contributed by atoms with E-state index in [1.54, 1.807) is 37.6 Å². The number of likely N-dealkylation sites (tertiary alicyclic amines) is 1. The summed E-state index contributed by atoms with van der Waals surface area (Å²) in [5.74, 6) is 1.70. The normalized spacial score (nSPS) is 19.1. The predicted octanol–water partition coefficient (Wildman–Crippen LogP) is 3.57. The van der Waals surface area contributed by atoms with E-state index in [1.807, 2.05) is 4.90 Å². The lowest BCUT2D eigenvalue weighted by molar-refractivity contribution is -0.132. The van der Waals surface area contributed by atoms with Gasteiger partial charge in [0.05, 0.1) is 24.7 Å². The second-order valence-corrected chi connectivity index (χ2v) is 8.04. The third-order valence-corrected chi connectivity index (χ3v) is 5.91. The number of carbonyl (C=O) groups is 2. The Hall–Kier alpha value is -2.83. The third-order valence-electron chi connectivity index (χ3n) is 5.91. The van der Waals surface area contributed by atoms with E-state index in [1.165, 1.54) is 12.8 Å². The first-order chi connectivity index (χ1) is 14.1. The van der Waals surface area contributed by atoms with Gasteiger partial charge in [-0.2, -0.15) is 5.10 Å². The summed E-state index contributed by atoms with van der Waals surface area (Å²) in [5, 5.41) is 10.2. The van der Waals surface area contributed by atoms with Crippen molar-refractivity contribution >= 4 is 17.5 Å². The maximum atomic E-state index is 12.6. The summed E-state index contributed by atoms with van der Waals surface area (Å²) in [7, 11) is 1.59. The van der Waals surface area contributed by atoms with Crippen molar-refractivity contribution < 1.29 is 14.3 Å². The first-order valence-electron chi connectivity index (χ1n) is 10.4. The van der Waals surface area contributed by atoms with Gasteiger partial charge in [-0.1, -0.05) is 12.8 Å². The van der Waals surface area contributed by atoms with Gasteiger partial charge in [-0.3, -0.25) is 14.7 Å². The summed E-state index contributed by atoms with van der Waals surface area (Å²) in [6, 6.07) is 6.98. The molecule has 1 aliphatic heterocycles. The average Bonchev–Trinajstić information content (AvgIpc) is 3.48. The van der Waals surface area contributed by atoms with E-state index in [9.17, 15) is 9.59 Å². The summed E-state index contributed by atoms with van der Waals surface area (Å²) in [6.07, 6.45) is 7.81. The number of hydrogen-bond donors (Lipinski definition) is 2. The molecule has 0 unspecified atom stereocenters. The Morgan fingerprint density at radius 1 is 1.24 bits per heavy atom. The summed E-state index contributed by atoms with van der Waals surface area (Å²) >= 11 is 0. The predicted molar refractivity (Wildman–Crippen MR) is 110 cm³/mol. The van der Waals surface area contributed by atoms with E-state index in [4.69, 9.17) is 4.74 Å². The van der Waals surface area contributed by atoms with Crippen LogP contribution in [0, 0.1) is 5.92 Å². The monoisotopic (exact) mass is 396 g/mol. The number of rotatable bonds is 7. The number of aromatic amines is 1. The lowest BCUT2D eigenvalue weighted by atomic mass is 9.93. The zero-order chi connectivity index (χ0) is 20.2. The average molecular weight is 396 g/mol. The summed E-state index contributed by atoms with van der Waals surface area (Å²) in [5.41, 5.74) is 2.13. The van der Waals surface area contributed by atoms with E-state index in [0.29, 0.717) is 30.0 Å². The van der Waals surface area contributed by atoms with E-state index in [0.717, 1.165) is 37.4 Å². The molecule has 0 radical (unpaired) electrons. The van der Waals surface area contributed by atoms with Crippen LogP contribution >= 0.6 is 0 Å². The van der Waals surface area contributed by atoms with Gasteiger partial charge < -0.3 is 15.0 Å². The number of methoxy groups -OCH3 is 1. The second-order valence-electron chi connectivity index (χ2n) is 8.04. The van der Waals surface area contributed by atoms with Crippen molar-refractivity contribution in [3.8, 4) is 5.75 Å². The van der Waals surface area contributed by atoms with Crippen LogP contribution in [0.25, 0.3) is 0 Å². The molecule has 0 bridgehead atoms. The molecule has 4 rings (SSSR count). The Kier molecular flexibility index (Phi) is 5.83. The van der Waals surface area contributed by atoms with Gasteiger partial charge in [-0.25, -0.2) is 0 Å². The molecule has 7 nitrogen and oxygen atoms in total. The van der Waals surface area contributed by atoms with Gasteiger partial charge in [0.15, 0.2) is 0 Å². The molecule has 7 heteroatoms. The van der Waals surface area contributed by atoms with Crippen LogP contribution in [-0.2, 0) is 4.79 Å². The van der Waals surface area contributed by atoms with Crippen molar-refractivity contribution in [1.82, 2.24) is 15.1 Å². The smallest absolute Gasteiger partial charge is 0.255 e. The maximum absolute atomic E-state index is 12.6. The van der Waals surface area contributed by atoms with E-state index in [2.05, 4.69) is 15.5 Å². The highest BCUT2D eigenvalue weighted by atomic mass is 16.5. The molecule has 2 aromatic rings. The molecule has 154 valence electrons. The van der Waals surface area contributed by atoms with Gasteiger partial charge in [0, 0.05) is 31.0 Å². The van der Waals surface area contributed by atoms with E-state index >= 15 is 0 Å². The summed E-state index contributed by atoms with van der Waals surface area (Å²) in [4.78, 5) is 27.2. The standard InChI is InChI=1S/C22H28N4O3/c1-29-18-9-7-16(8-10-18)22(28)24-19-13-23-25-21(19)17-3-2-12-26(14-17)20(27)11-6-15-4-5-15/h7-10,13,15,17H,2-6,11-12,14H2,1H3,(H,23,25)(H,24,28)/t17-/m0/s1. The highest BCUT2D eigenvalue weighted by Crippen LogP contribution is 2.35. The molecular formula is C22H28N4O3. The van der Waals surface area contributed by atoms with Gasteiger partial charge in [-0.15, -0.1) is 0 Å². The first-order valence-corrected chi connectivity index (χ1v) is 10.4. The van der Waals surface area contributed by atoms with Crippen LogP contribution in [0.2, 0.25) is 0 Å². The third kappa shape index (κ3) is 4.78. The molecule has 2 aliphatic rings. The molecule has 29 heavy (non-hydrogen) atoms. The van der Waals surface area contributed by atoms with Crippen LogP contribution < -0.4 is 10.1 Å². The molecule has 1 aromatic carbocycles. The van der Waals surface area contributed by atoms with Crippen molar-refractivity contribution in [2.75, 3.05) is 25.5 Å². The molecule has 2 heterocycles. The van der Waals surface area contributed by atoms with Crippen molar-refractivity contribution in [3.05, 3.63) is 41.7 Å².